The van der Waals surface area contributed by atoms with Crippen LogP contribution in [0.1, 0.15) is 11.4 Å². The second kappa shape index (κ2) is 6.63. The van der Waals surface area contributed by atoms with Gasteiger partial charge in [-0.05, 0) is 55.8 Å². The fourth-order valence-electron chi connectivity index (χ4n) is 2.97. The summed E-state index contributed by atoms with van der Waals surface area (Å²) in [5.41, 5.74) is 5.60. The van der Waals surface area contributed by atoms with Gasteiger partial charge in [-0.2, -0.15) is 9.61 Å². The summed E-state index contributed by atoms with van der Waals surface area (Å²) in [6, 6.07) is 17.3. The molecule has 0 aliphatic heterocycles. The molecule has 0 radical (unpaired) electrons. The predicted octanol–water partition coefficient (Wildman–Crippen LogP) is 6.06. The van der Waals surface area contributed by atoms with Crippen molar-refractivity contribution in [1.29, 1.82) is 0 Å². The van der Waals surface area contributed by atoms with E-state index in [9.17, 15) is 0 Å². The van der Waals surface area contributed by atoms with Crippen LogP contribution >= 0.6 is 23.2 Å². The Bertz CT molecular complexity index is 1080. The van der Waals surface area contributed by atoms with Crippen molar-refractivity contribution in [3.63, 3.8) is 0 Å². The van der Waals surface area contributed by atoms with Crippen LogP contribution in [0.2, 0.25) is 10.0 Å². The van der Waals surface area contributed by atoms with Gasteiger partial charge in [0.05, 0.1) is 5.69 Å². The summed E-state index contributed by atoms with van der Waals surface area (Å²) in [6.45, 7) is 3.96. The third kappa shape index (κ3) is 3.14. The first-order valence-corrected chi connectivity index (χ1v) is 8.92. The van der Waals surface area contributed by atoms with E-state index in [0.29, 0.717) is 10.0 Å². The van der Waals surface area contributed by atoms with Gasteiger partial charge < -0.3 is 5.32 Å². The normalized spacial score (nSPS) is 11.1. The number of benzene rings is 2. The topological polar surface area (TPSA) is 42.2 Å². The lowest BCUT2D eigenvalue weighted by molar-refractivity contribution is 0.917. The minimum Gasteiger partial charge on any atom is -0.340 e. The Morgan fingerprint density at radius 1 is 0.885 bits per heavy atom. The molecule has 0 unspecified atom stereocenters. The number of rotatable bonds is 3. The van der Waals surface area contributed by atoms with Gasteiger partial charge in [0.15, 0.2) is 5.65 Å². The van der Waals surface area contributed by atoms with E-state index in [1.165, 1.54) is 0 Å². The van der Waals surface area contributed by atoms with E-state index in [0.717, 1.165) is 39.7 Å². The van der Waals surface area contributed by atoms with Crippen molar-refractivity contribution >= 4 is 40.4 Å². The Morgan fingerprint density at radius 3 is 2.15 bits per heavy atom. The molecule has 0 bridgehead atoms. The molecule has 0 atom stereocenters. The smallest absolute Gasteiger partial charge is 0.165 e. The molecular weight excluding hydrogens is 367 g/mol. The lowest BCUT2D eigenvalue weighted by Crippen LogP contribution is -2.02. The molecule has 0 saturated heterocycles. The molecule has 0 aliphatic rings. The summed E-state index contributed by atoms with van der Waals surface area (Å²) in [6.07, 6.45) is 0. The number of halogens is 2. The molecule has 2 aromatic carbocycles. The zero-order valence-electron chi connectivity index (χ0n) is 14.3. The number of hydrogen-bond donors (Lipinski definition) is 1. The van der Waals surface area contributed by atoms with Crippen LogP contribution in [-0.4, -0.2) is 14.6 Å². The van der Waals surface area contributed by atoms with Gasteiger partial charge in [0.25, 0.3) is 0 Å². The molecule has 0 aliphatic carbocycles. The van der Waals surface area contributed by atoms with Crippen molar-refractivity contribution in [2.24, 2.45) is 0 Å². The lowest BCUT2D eigenvalue weighted by Gasteiger charge is -2.10. The Morgan fingerprint density at radius 2 is 1.50 bits per heavy atom. The van der Waals surface area contributed by atoms with Crippen LogP contribution < -0.4 is 5.32 Å². The molecule has 130 valence electrons. The quantitative estimate of drug-likeness (QED) is 0.467. The number of aryl methyl sites for hydroxylation is 2. The monoisotopic (exact) mass is 382 g/mol. The Kier molecular flexibility index (Phi) is 4.31. The maximum atomic E-state index is 6.03. The van der Waals surface area contributed by atoms with Gasteiger partial charge in [0, 0.05) is 33.1 Å². The van der Waals surface area contributed by atoms with E-state index in [2.05, 4.69) is 5.32 Å². The summed E-state index contributed by atoms with van der Waals surface area (Å²) in [7, 11) is 0. The van der Waals surface area contributed by atoms with Crippen molar-refractivity contribution in [2.45, 2.75) is 13.8 Å². The molecule has 4 aromatic rings. The molecule has 0 saturated carbocycles. The number of aromatic nitrogens is 3. The number of anilines is 2. The van der Waals surface area contributed by atoms with Crippen LogP contribution in [0.25, 0.3) is 16.8 Å². The van der Waals surface area contributed by atoms with Gasteiger partial charge in [-0.3, -0.25) is 0 Å². The molecule has 4 rings (SSSR count). The number of hydrogen-bond acceptors (Lipinski definition) is 3. The number of nitrogens with one attached hydrogen (secondary N) is 1. The third-order valence-corrected chi connectivity index (χ3v) is 4.65. The summed E-state index contributed by atoms with van der Waals surface area (Å²) >= 11 is 12.0. The molecule has 6 heteroatoms. The fourth-order valence-corrected chi connectivity index (χ4v) is 3.22. The molecule has 0 fully saturated rings. The average molecular weight is 383 g/mol. The van der Waals surface area contributed by atoms with Crippen molar-refractivity contribution in [3.8, 4) is 11.1 Å². The van der Waals surface area contributed by atoms with E-state index in [4.69, 9.17) is 33.3 Å². The maximum Gasteiger partial charge on any atom is 0.165 e. The SMILES string of the molecule is Cc1cc(Nc2ccc(Cl)cc2)n2nc(C)c(-c3ccc(Cl)cc3)c2n1. The van der Waals surface area contributed by atoms with Gasteiger partial charge in [-0.15, -0.1) is 0 Å². The van der Waals surface area contributed by atoms with Crippen LogP contribution in [0.3, 0.4) is 0 Å². The highest BCUT2D eigenvalue weighted by Crippen LogP contribution is 2.31. The van der Waals surface area contributed by atoms with E-state index < -0.39 is 0 Å². The maximum absolute atomic E-state index is 6.03. The third-order valence-electron chi connectivity index (χ3n) is 4.14. The van der Waals surface area contributed by atoms with Crippen LogP contribution in [0.5, 0.6) is 0 Å². The van der Waals surface area contributed by atoms with Gasteiger partial charge in [0.2, 0.25) is 0 Å². The second-order valence-electron chi connectivity index (χ2n) is 6.12. The van der Waals surface area contributed by atoms with Crippen molar-refractivity contribution in [2.75, 3.05) is 5.32 Å². The highest BCUT2D eigenvalue weighted by atomic mass is 35.5. The Hall–Kier alpha value is -2.56. The Balaban J connectivity index is 1.86. The van der Waals surface area contributed by atoms with Gasteiger partial charge >= 0.3 is 0 Å². The first-order chi connectivity index (χ1) is 12.5. The lowest BCUT2D eigenvalue weighted by atomic mass is 10.1. The number of nitrogens with zero attached hydrogens (tertiary/aromatic N) is 3. The fraction of sp³-hybridized carbons (Fsp3) is 0.100. The Labute approximate surface area is 161 Å². The molecule has 1 N–H and O–H groups in total. The number of fused-ring (bicyclic) bond motifs is 1. The molecule has 2 heterocycles. The highest BCUT2D eigenvalue weighted by Gasteiger charge is 2.16. The zero-order valence-corrected chi connectivity index (χ0v) is 15.8. The standard InChI is InChI=1S/C20H16Cl2N4/c1-12-11-18(24-17-9-7-16(22)8-10-17)26-20(23-12)19(13(2)25-26)14-3-5-15(21)6-4-14/h3-11,24H,1-2H3. The van der Waals surface area contributed by atoms with E-state index in [1.54, 1.807) is 0 Å². The van der Waals surface area contributed by atoms with Gasteiger partial charge in [0.1, 0.15) is 5.82 Å². The van der Waals surface area contributed by atoms with Crippen molar-refractivity contribution in [1.82, 2.24) is 14.6 Å². The molecule has 4 nitrogen and oxygen atoms in total. The summed E-state index contributed by atoms with van der Waals surface area (Å²) < 4.78 is 1.83. The first kappa shape index (κ1) is 16.9. The van der Waals surface area contributed by atoms with Crippen LogP contribution in [0.15, 0.2) is 54.6 Å². The minimum absolute atomic E-state index is 0.701. The molecular formula is C20H16Cl2N4. The first-order valence-electron chi connectivity index (χ1n) is 8.17. The van der Waals surface area contributed by atoms with Gasteiger partial charge in [-0.25, -0.2) is 4.98 Å². The second-order valence-corrected chi connectivity index (χ2v) is 6.99. The molecule has 0 spiro atoms. The van der Waals surface area contributed by atoms with E-state index in [1.807, 2.05) is 73.0 Å². The van der Waals surface area contributed by atoms with Gasteiger partial charge in [-0.1, -0.05) is 35.3 Å². The molecule has 26 heavy (non-hydrogen) atoms. The summed E-state index contributed by atoms with van der Waals surface area (Å²) in [5.74, 6) is 0.845. The van der Waals surface area contributed by atoms with Crippen LogP contribution in [-0.2, 0) is 0 Å². The summed E-state index contributed by atoms with van der Waals surface area (Å²) in [4.78, 5) is 4.72. The average Bonchev–Trinajstić information content (AvgIpc) is 2.94. The van der Waals surface area contributed by atoms with Crippen LogP contribution in [0.4, 0.5) is 11.5 Å². The van der Waals surface area contributed by atoms with Crippen molar-refractivity contribution in [3.05, 3.63) is 76.0 Å². The van der Waals surface area contributed by atoms with E-state index in [-0.39, 0.29) is 0 Å². The molecule has 2 aromatic heterocycles. The molecule has 0 amide bonds. The van der Waals surface area contributed by atoms with Crippen LogP contribution in [0, 0.1) is 13.8 Å². The largest absolute Gasteiger partial charge is 0.340 e. The highest BCUT2D eigenvalue weighted by molar-refractivity contribution is 6.30. The minimum atomic E-state index is 0.701. The predicted molar refractivity (Wildman–Crippen MR) is 108 cm³/mol. The van der Waals surface area contributed by atoms with Crippen molar-refractivity contribution < 1.29 is 0 Å². The zero-order chi connectivity index (χ0) is 18.3. The van der Waals surface area contributed by atoms with E-state index >= 15 is 0 Å². The summed E-state index contributed by atoms with van der Waals surface area (Å²) in [5, 5.41) is 9.50.